The van der Waals surface area contributed by atoms with Gasteiger partial charge in [-0.1, -0.05) is 28.1 Å². The summed E-state index contributed by atoms with van der Waals surface area (Å²) in [5, 5.41) is 14.6. The van der Waals surface area contributed by atoms with Crippen LogP contribution in [0, 0.1) is 13.8 Å². The van der Waals surface area contributed by atoms with Gasteiger partial charge in [0.25, 0.3) is 0 Å². The van der Waals surface area contributed by atoms with Crippen LogP contribution in [-0.2, 0) is 6.54 Å². The van der Waals surface area contributed by atoms with Crippen LogP contribution >= 0.6 is 15.9 Å². The number of rotatable bonds is 3. The van der Waals surface area contributed by atoms with Gasteiger partial charge in [0.2, 0.25) is 0 Å². The standard InChI is InChI=1S/C14H17BrN2O/c1-4-17-12(5-6-16-17)14(18)11-7-9(2)13(15)10(3)8-11/h5-8,14,18H,4H2,1-3H3. The van der Waals surface area contributed by atoms with Crippen molar-refractivity contribution in [1.82, 2.24) is 9.78 Å². The lowest BCUT2D eigenvalue weighted by Gasteiger charge is -2.15. The van der Waals surface area contributed by atoms with Crippen LogP contribution in [0.4, 0.5) is 0 Å². The third kappa shape index (κ3) is 2.35. The topological polar surface area (TPSA) is 38.0 Å². The highest BCUT2D eigenvalue weighted by Crippen LogP contribution is 2.28. The average Bonchev–Trinajstić information content (AvgIpc) is 2.82. The average molecular weight is 309 g/mol. The van der Waals surface area contributed by atoms with E-state index in [1.54, 1.807) is 6.20 Å². The molecule has 0 aliphatic heterocycles. The molecule has 96 valence electrons. The van der Waals surface area contributed by atoms with Crippen LogP contribution in [0.2, 0.25) is 0 Å². The smallest absolute Gasteiger partial charge is 0.121 e. The van der Waals surface area contributed by atoms with Gasteiger partial charge in [-0.2, -0.15) is 5.10 Å². The van der Waals surface area contributed by atoms with Crippen LogP contribution in [0.1, 0.15) is 35.4 Å². The Morgan fingerprint density at radius 3 is 2.50 bits per heavy atom. The molecule has 4 heteroatoms. The van der Waals surface area contributed by atoms with Crippen molar-refractivity contribution in [1.29, 1.82) is 0 Å². The highest BCUT2D eigenvalue weighted by Gasteiger charge is 2.16. The molecule has 0 amide bonds. The Labute approximate surface area is 116 Å². The molecule has 2 aromatic rings. The van der Waals surface area contributed by atoms with Gasteiger partial charge in [-0.25, -0.2) is 0 Å². The number of hydrogen-bond acceptors (Lipinski definition) is 2. The maximum atomic E-state index is 10.5. The normalized spacial score (nSPS) is 12.7. The van der Waals surface area contributed by atoms with E-state index < -0.39 is 6.10 Å². The lowest BCUT2D eigenvalue weighted by atomic mass is 10.0. The van der Waals surface area contributed by atoms with Gasteiger partial charge in [0, 0.05) is 17.2 Å². The molecule has 0 spiro atoms. The Balaban J connectivity index is 2.43. The fraction of sp³-hybridized carbons (Fsp3) is 0.357. The first-order chi connectivity index (χ1) is 8.54. The fourth-order valence-electron chi connectivity index (χ4n) is 2.15. The lowest BCUT2D eigenvalue weighted by molar-refractivity contribution is 0.208. The number of nitrogens with zero attached hydrogens (tertiary/aromatic N) is 2. The number of aliphatic hydroxyl groups is 1. The summed E-state index contributed by atoms with van der Waals surface area (Å²) in [7, 11) is 0. The molecule has 0 fully saturated rings. The number of benzene rings is 1. The highest BCUT2D eigenvalue weighted by molar-refractivity contribution is 9.10. The quantitative estimate of drug-likeness (QED) is 0.944. The van der Waals surface area contributed by atoms with Gasteiger partial charge < -0.3 is 5.11 Å². The van der Waals surface area contributed by atoms with E-state index in [9.17, 15) is 5.11 Å². The first-order valence-electron chi connectivity index (χ1n) is 6.01. The minimum absolute atomic E-state index is 0.627. The monoisotopic (exact) mass is 308 g/mol. The highest BCUT2D eigenvalue weighted by atomic mass is 79.9. The molecule has 0 aliphatic carbocycles. The van der Waals surface area contributed by atoms with Crippen LogP contribution in [0.15, 0.2) is 28.9 Å². The Hall–Kier alpha value is -1.13. The second-order valence-corrected chi connectivity index (χ2v) is 5.24. The second-order valence-electron chi connectivity index (χ2n) is 4.44. The van der Waals surface area contributed by atoms with E-state index in [2.05, 4.69) is 21.0 Å². The Morgan fingerprint density at radius 2 is 1.94 bits per heavy atom. The van der Waals surface area contributed by atoms with Crippen LogP contribution < -0.4 is 0 Å². The van der Waals surface area contributed by atoms with Crippen molar-refractivity contribution in [3.63, 3.8) is 0 Å². The third-order valence-corrected chi connectivity index (χ3v) is 4.35. The molecule has 0 saturated carbocycles. The van der Waals surface area contributed by atoms with Crippen LogP contribution in [-0.4, -0.2) is 14.9 Å². The van der Waals surface area contributed by atoms with Gasteiger partial charge in [0.1, 0.15) is 6.10 Å². The van der Waals surface area contributed by atoms with E-state index in [0.29, 0.717) is 0 Å². The van der Waals surface area contributed by atoms with Gasteiger partial charge >= 0.3 is 0 Å². The molecule has 0 aliphatic rings. The Bertz CT molecular complexity index is 540. The zero-order chi connectivity index (χ0) is 13.3. The number of aromatic nitrogens is 2. The maximum absolute atomic E-state index is 10.5. The van der Waals surface area contributed by atoms with E-state index in [4.69, 9.17) is 0 Å². The molecule has 1 N–H and O–H groups in total. The summed E-state index contributed by atoms with van der Waals surface area (Å²) in [6, 6.07) is 5.88. The molecular weight excluding hydrogens is 292 g/mol. The summed E-state index contributed by atoms with van der Waals surface area (Å²) >= 11 is 3.54. The minimum Gasteiger partial charge on any atom is -0.382 e. The zero-order valence-corrected chi connectivity index (χ0v) is 12.4. The summed E-state index contributed by atoms with van der Waals surface area (Å²) in [5.74, 6) is 0. The van der Waals surface area contributed by atoms with Crippen LogP contribution in [0.3, 0.4) is 0 Å². The molecule has 0 saturated heterocycles. The summed E-state index contributed by atoms with van der Waals surface area (Å²) in [4.78, 5) is 0. The number of aliphatic hydroxyl groups excluding tert-OH is 1. The largest absolute Gasteiger partial charge is 0.382 e. The van der Waals surface area contributed by atoms with Crippen LogP contribution in [0.5, 0.6) is 0 Å². The van der Waals surface area contributed by atoms with Gasteiger partial charge in [-0.05, 0) is 43.5 Å². The first-order valence-corrected chi connectivity index (χ1v) is 6.80. The molecular formula is C14H17BrN2O. The molecule has 0 bridgehead atoms. The van der Waals surface area contributed by atoms with Crippen molar-refractivity contribution < 1.29 is 5.11 Å². The van der Waals surface area contributed by atoms with Crippen molar-refractivity contribution in [2.75, 3.05) is 0 Å². The third-order valence-electron chi connectivity index (χ3n) is 3.10. The lowest BCUT2D eigenvalue weighted by Crippen LogP contribution is -2.09. The van der Waals surface area contributed by atoms with E-state index in [-0.39, 0.29) is 0 Å². The molecule has 1 aromatic carbocycles. The summed E-state index contributed by atoms with van der Waals surface area (Å²) < 4.78 is 2.92. The second kappa shape index (κ2) is 5.24. The van der Waals surface area contributed by atoms with Gasteiger partial charge in [0.05, 0.1) is 5.69 Å². The zero-order valence-electron chi connectivity index (χ0n) is 10.8. The summed E-state index contributed by atoms with van der Waals surface area (Å²) in [5.41, 5.74) is 4.00. The minimum atomic E-state index is -0.627. The maximum Gasteiger partial charge on any atom is 0.121 e. The van der Waals surface area contributed by atoms with Crippen molar-refractivity contribution in [2.45, 2.75) is 33.4 Å². The van der Waals surface area contributed by atoms with E-state index >= 15 is 0 Å². The molecule has 3 nitrogen and oxygen atoms in total. The van der Waals surface area contributed by atoms with Crippen molar-refractivity contribution >= 4 is 15.9 Å². The predicted octanol–water partition coefficient (Wildman–Crippen LogP) is 3.36. The van der Waals surface area contributed by atoms with E-state index in [1.165, 1.54) is 0 Å². The van der Waals surface area contributed by atoms with Gasteiger partial charge in [-0.3, -0.25) is 4.68 Å². The first kappa shape index (κ1) is 13.3. The van der Waals surface area contributed by atoms with E-state index in [0.717, 1.165) is 33.4 Å². The van der Waals surface area contributed by atoms with Gasteiger partial charge in [-0.15, -0.1) is 0 Å². The van der Waals surface area contributed by atoms with Crippen molar-refractivity contribution in [3.8, 4) is 0 Å². The molecule has 18 heavy (non-hydrogen) atoms. The molecule has 2 rings (SSSR count). The molecule has 0 radical (unpaired) electrons. The molecule has 1 heterocycles. The van der Waals surface area contributed by atoms with Crippen molar-refractivity contribution in [3.05, 3.63) is 51.3 Å². The number of aryl methyl sites for hydroxylation is 3. The fourth-order valence-corrected chi connectivity index (χ4v) is 2.38. The Kier molecular flexibility index (Phi) is 3.88. The molecule has 1 aromatic heterocycles. The van der Waals surface area contributed by atoms with Crippen molar-refractivity contribution in [2.24, 2.45) is 0 Å². The predicted molar refractivity (Wildman–Crippen MR) is 75.6 cm³/mol. The SMILES string of the molecule is CCn1nccc1C(O)c1cc(C)c(Br)c(C)c1. The number of halogens is 1. The summed E-state index contributed by atoms with van der Waals surface area (Å²) in [6.45, 7) is 6.84. The number of hydrogen-bond donors (Lipinski definition) is 1. The molecule has 1 atom stereocenters. The van der Waals surface area contributed by atoms with E-state index in [1.807, 2.05) is 43.7 Å². The van der Waals surface area contributed by atoms with Crippen LogP contribution in [0.25, 0.3) is 0 Å². The Morgan fingerprint density at radius 1 is 1.33 bits per heavy atom. The molecule has 1 unspecified atom stereocenters. The van der Waals surface area contributed by atoms with Gasteiger partial charge in [0.15, 0.2) is 0 Å². The summed E-state index contributed by atoms with van der Waals surface area (Å²) in [6.07, 6.45) is 1.10.